The molecule has 1 aliphatic carbocycles. The van der Waals surface area contributed by atoms with Gasteiger partial charge in [0, 0.05) is 31.9 Å². The van der Waals surface area contributed by atoms with Crippen molar-refractivity contribution in [3.05, 3.63) is 29.3 Å². The van der Waals surface area contributed by atoms with Gasteiger partial charge in [-0.3, -0.25) is 4.79 Å². The lowest BCUT2D eigenvalue weighted by molar-refractivity contribution is 0.0362. The number of carbonyl (C=O) groups is 2. The van der Waals surface area contributed by atoms with Crippen LogP contribution in [0.5, 0.6) is 5.75 Å². The Hall–Kier alpha value is -2.08. The quantitative estimate of drug-likeness (QED) is 0.729. The van der Waals surface area contributed by atoms with Crippen LogP contribution in [0.25, 0.3) is 0 Å². The monoisotopic (exact) mass is 361 g/mol. The van der Waals surface area contributed by atoms with Gasteiger partial charge in [0.1, 0.15) is 5.75 Å². The van der Waals surface area contributed by atoms with Gasteiger partial charge in [-0.25, -0.2) is 4.79 Å². The summed E-state index contributed by atoms with van der Waals surface area (Å²) >= 11 is 0. The molecule has 3 rings (SSSR count). The molecular weight excluding hydrogens is 334 g/mol. The molecule has 0 radical (unpaired) electrons. The summed E-state index contributed by atoms with van der Waals surface area (Å²) in [5.41, 5.74) is 0.785. The van der Waals surface area contributed by atoms with E-state index in [2.05, 4.69) is 0 Å². The Bertz CT molecular complexity index is 650. The highest BCUT2D eigenvalue weighted by Gasteiger charge is 2.25. The van der Waals surface area contributed by atoms with Crippen LogP contribution in [0.4, 0.5) is 0 Å². The summed E-state index contributed by atoms with van der Waals surface area (Å²) < 4.78 is 16.1. The van der Waals surface area contributed by atoms with Gasteiger partial charge in [-0.2, -0.15) is 0 Å². The third kappa shape index (κ3) is 4.36. The molecular formula is C20H27NO5. The van der Waals surface area contributed by atoms with E-state index in [4.69, 9.17) is 14.2 Å². The molecule has 0 spiro atoms. The largest absolute Gasteiger partial charge is 0.493 e. The van der Waals surface area contributed by atoms with E-state index in [0.717, 1.165) is 12.8 Å². The minimum absolute atomic E-state index is 0.115. The number of rotatable bonds is 6. The molecule has 1 saturated carbocycles. The maximum absolute atomic E-state index is 12.9. The van der Waals surface area contributed by atoms with Crippen LogP contribution >= 0.6 is 0 Å². The molecule has 1 aromatic carbocycles. The van der Waals surface area contributed by atoms with Gasteiger partial charge < -0.3 is 19.1 Å². The highest BCUT2D eigenvalue weighted by molar-refractivity contribution is 5.98. The SMILES string of the molecule is COC(=O)c1cc(OCC2CCC2)cc(C(=O)N(C)C2CCOCC2)c1. The minimum atomic E-state index is -0.470. The Morgan fingerprint density at radius 3 is 2.42 bits per heavy atom. The maximum Gasteiger partial charge on any atom is 0.338 e. The van der Waals surface area contributed by atoms with Crippen molar-refractivity contribution in [3.63, 3.8) is 0 Å². The lowest BCUT2D eigenvalue weighted by Crippen LogP contribution is -2.40. The van der Waals surface area contributed by atoms with Crippen LogP contribution in [-0.4, -0.2) is 56.8 Å². The molecule has 26 heavy (non-hydrogen) atoms. The molecule has 1 amide bonds. The van der Waals surface area contributed by atoms with E-state index < -0.39 is 5.97 Å². The molecule has 0 N–H and O–H groups in total. The zero-order valence-electron chi connectivity index (χ0n) is 15.5. The molecule has 1 saturated heterocycles. The van der Waals surface area contributed by atoms with Crippen LogP contribution in [0.2, 0.25) is 0 Å². The molecule has 6 nitrogen and oxygen atoms in total. The first kappa shape index (κ1) is 18.7. The number of hydrogen-bond donors (Lipinski definition) is 0. The van der Waals surface area contributed by atoms with Gasteiger partial charge >= 0.3 is 5.97 Å². The first-order chi connectivity index (χ1) is 12.6. The van der Waals surface area contributed by atoms with E-state index in [1.54, 1.807) is 30.1 Å². The van der Waals surface area contributed by atoms with Crippen LogP contribution in [0.1, 0.15) is 52.8 Å². The maximum atomic E-state index is 12.9. The smallest absolute Gasteiger partial charge is 0.338 e. The fourth-order valence-electron chi connectivity index (χ4n) is 3.36. The number of carbonyl (C=O) groups excluding carboxylic acids is 2. The number of esters is 1. The Morgan fingerprint density at radius 2 is 1.81 bits per heavy atom. The van der Waals surface area contributed by atoms with Gasteiger partial charge in [0.15, 0.2) is 0 Å². The van der Waals surface area contributed by atoms with Gasteiger partial charge in [-0.1, -0.05) is 6.42 Å². The van der Waals surface area contributed by atoms with Gasteiger partial charge in [-0.05, 0) is 49.8 Å². The Balaban J connectivity index is 1.78. The van der Waals surface area contributed by atoms with Gasteiger partial charge in [0.25, 0.3) is 5.91 Å². The fourth-order valence-corrected chi connectivity index (χ4v) is 3.36. The van der Waals surface area contributed by atoms with E-state index >= 15 is 0 Å². The average Bonchev–Trinajstić information content (AvgIpc) is 2.65. The molecule has 142 valence electrons. The summed E-state index contributed by atoms with van der Waals surface area (Å²) in [6.07, 6.45) is 5.24. The summed E-state index contributed by atoms with van der Waals surface area (Å²) in [5.74, 6) is 0.530. The fraction of sp³-hybridized carbons (Fsp3) is 0.600. The molecule has 0 bridgehead atoms. The standard InChI is InChI=1S/C20H27NO5/c1-21(17-6-8-25-9-7-17)19(22)15-10-16(20(23)24-2)12-18(11-15)26-13-14-4-3-5-14/h10-12,14,17H,3-9,13H2,1-2H3. The van der Waals surface area contributed by atoms with Crippen molar-refractivity contribution in [2.45, 2.75) is 38.1 Å². The number of ether oxygens (including phenoxy) is 3. The van der Waals surface area contributed by atoms with E-state index in [1.807, 2.05) is 0 Å². The summed E-state index contributed by atoms with van der Waals surface area (Å²) in [5, 5.41) is 0. The van der Waals surface area contributed by atoms with Crippen molar-refractivity contribution < 1.29 is 23.8 Å². The number of hydrogen-bond acceptors (Lipinski definition) is 5. The minimum Gasteiger partial charge on any atom is -0.493 e. The van der Waals surface area contributed by atoms with Crippen LogP contribution in [-0.2, 0) is 9.47 Å². The molecule has 0 aromatic heterocycles. The predicted octanol–water partition coefficient (Wildman–Crippen LogP) is 2.90. The third-order valence-electron chi connectivity index (χ3n) is 5.34. The second kappa shape index (κ2) is 8.54. The van der Waals surface area contributed by atoms with Gasteiger partial charge in [0.05, 0.1) is 19.3 Å². The number of amides is 1. The van der Waals surface area contributed by atoms with Crippen LogP contribution < -0.4 is 4.74 Å². The summed E-state index contributed by atoms with van der Waals surface area (Å²) in [4.78, 5) is 26.7. The molecule has 1 aromatic rings. The van der Waals surface area contributed by atoms with Crippen molar-refractivity contribution in [1.29, 1.82) is 0 Å². The van der Waals surface area contributed by atoms with Crippen LogP contribution in [0, 0.1) is 5.92 Å². The normalized spacial score (nSPS) is 18.1. The van der Waals surface area contributed by atoms with Gasteiger partial charge in [0.2, 0.25) is 0 Å². The topological polar surface area (TPSA) is 65.1 Å². The highest BCUT2D eigenvalue weighted by Crippen LogP contribution is 2.28. The average molecular weight is 361 g/mol. The second-order valence-electron chi connectivity index (χ2n) is 7.11. The van der Waals surface area contributed by atoms with E-state index in [9.17, 15) is 9.59 Å². The first-order valence-corrected chi connectivity index (χ1v) is 9.29. The molecule has 0 unspecified atom stereocenters. The molecule has 2 aliphatic rings. The molecule has 1 aliphatic heterocycles. The van der Waals surface area contributed by atoms with Crippen molar-refractivity contribution in [2.24, 2.45) is 5.92 Å². The summed E-state index contributed by atoms with van der Waals surface area (Å²) in [7, 11) is 3.14. The number of methoxy groups -OCH3 is 1. The number of nitrogens with zero attached hydrogens (tertiary/aromatic N) is 1. The molecule has 0 atom stereocenters. The highest BCUT2D eigenvalue weighted by atomic mass is 16.5. The lowest BCUT2D eigenvalue weighted by Gasteiger charge is -2.31. The van der Waals surface area contributed by atoms with E-state index in [-0.39, 0.29) is 11.9 Å². The zero-order chi connectivity index (χ0) is 18.5. The summed E-state index contributed by atoms with van der Waals surface area (Å²) in [6.45, 7) is 1.95. The van der Waals surface area contributed by atoms with Crippen molar-refractivity contribution >= 4 is 11.9 Å². The second-order valence-corrected chi connectivity index (χ2v) is 7.11. The Morgan fingerprint density at radius 1 is 1.12 bits per heavy atom. The van der Waals surface area contributed by atoms with E-state index in [0.29, 0.717) is 42.6 Å². The van der Waals surface area contributed by atoms with Gasteiger partial charge in [-0.15, -0.1) is 0 Å². The molecule has 1 heterocycles. The summed E-state index contributed by atoms with van der Waals surface area (Å²) in [6, 6.07) is 5.11. The molecule has 2 fully saturated rings. The van der Waals surface area contributed by atoms with Crippen molar-refractivity contribution in [3.8, 4) is 5.75 Å². The van der Waals surface area contributed by atoms with Crippen molar-refractivity contribution in [1.82, 2.24) is 4.90 Å². The Kier molecular flexibility index (Phi) is 6.14. The zero-order valence-corrected chi connectivity index (χ0v) is 15.5. The van der Waals surface area contributed by atoms with Crippen molar-refractivity contribution in [2.75, 3.05) is 34.0 Å². The third-order valence-corrected chi connectivity index (χ3v) is 5.34. The molecule has 6 heteroatoms. The number of benzene rings is 1. The van der Waals surface area contributed by atoms with Crippen LogP contribution in [0.15, 0.2) is 18.2 Å². The lowest BCUT2D eigenvalue weighted by atomic mass is 9.86. The van der Waals surface area contributed by atoms with Crippen LogP contribution in [0.3, 0.4) is 0 Å². The predicted molar refractivity (Wildman–Crippen MR) is 96.6 cm³/mol. The van der Waals surface area contributed by atoms with E-state index in [1.165, 1.54) is 26.4 Å². The first-order valence-electron chi connectivity index (χ1n) is 9.29. The Labute approximate surface area is 154 Å².